The molecule has 0 aliphatic heterocycles. The van der Waals surface area contributed by atoms with Crippen LogP contribution in [0.5, 0.6) is 0 Å². The van der Waals surface area contributed by atoms with Crippen molar-refractivity contribution in [1.29, 1.82) is 0 Å². The lowest BCUT2D eigenvalue weighted by Gasteiger charge is -1.95. The molecule has 0 fully saturated rings. The Morgan fingerprint density at radius 2 is 1.91 bits per heavy atom. The third-order valence-corrected chi connectivity index (χ3v) is 2.18. The van der Waals surface area contributed by atoms with Gasteiger partial charge in [0.2, 0.25) is 0 Å². The van der Waals surface area contributed by atoms with Gasteiger partial charge in [-0.2, -0.15) is 0 Å². The van der Waals surface area contributed by atoms with Crippen LogP contribution in [-0.4, -0.2) is 15.3 Å². The lowest BCUT2D eigenvalue weighted by atomic mass is 10.3. The van der Waals surface area contributed by atoms with E-state index >= 15 is 0 Å². The summed E-state index contributed by atoms with van der Waals surface area (Å²) in [5, 5.41) is 1.01. The Balaban J connectivity index is 2.52. The van der Waals surface area contributed by atoms with Crippen molar-refractivity contribution in [2.24, 2.45) is 0 Å². The van der Waals surface area contributed by atoms with Crippen LogP contribution >= 0.6 is 31.9 Å². The maximum Gasteiger partial charge on any atom is 0.128 e. The second kappa shape index (κ2) is 4.83. The topological polar surface area (TPSA) is 25.8 Å². The van der Waals surface area contributed by atoms with Crippen LogP contribution in [0, 0.1) is 0 Å². The summed E-state index contributed by atoms with van der Waals surface area (Å²) < 4.78 is 0.931. The largest absolute Gasteiger partial charge is 0.240 e. The van der Waals surface area contributed by atoms with Crippen molar-refractivity contribution in [1.82, 2.24) is 9.97 Å². The lowest BCUT2D eigenvalue weighted by molar-refractivity contribution is 0.842. The summed E-state index contributed by atoms with van der Waals surface area (Å²) in [7, 11) is 0. The Labute approximate surface area is 82.7 Å². The lowest BCUT2D eigenvalue weighted by Crippen LogP contribution is -1.93. The molecule has 0 amide bonds. The van der Waals surface area contributed by atoms with Crippen LogP contribution in [0.25, 0.3) is 0 Å². The molecule has 0 aliphatic rings. The summed E-state index contributed by atoms with van der Waals surface area (Å²) in [6.07, 6.45) is 5.58. The summed E-state index contributed by atoms with van der Waals surface area (Å²) in [6, 6.07) is 0. The molecule has 4 heteroatoms. The minimum absolute atomic E-state index is 0.910. The Hall–Kier alpha value is 0.0400. The van der Waals surface area contributed by atoms with Gasteiger partial charge in [-0.1, -0.05) is 15.9 Å². The van der Waals surface area contributed by atoms with E-state index in [-0.39, 0.29) is 0 Å². The summed E-state index contributed by atoms with van der Waals surface area (Å²) in [4.78, 5) is 8.27. The molecule has 0 N–H and O–H groups in total. The minimum atomic E-state index is 0.910. The van der Waals surface area contributed by atoms with Gasteiger partial charge in [0.05, 0.1) is 4.47 Å². The highest BCUT2D eigenvalue weighted by Gasteiger charge is 1.94. The first kappa shape index (κ1) is 9.13. The normalized spacial score (nSPS) is 10.0. The van der Waals surface area contributed by atoms with E-state index in [1.165, 1.54) is 0 Å². The van der Waals surface area contributed by atoms with Crippen molar-refractivity contribution in [2.75, 3.05) is 5.33 Å². The zero-order chi connectivity index (χ0) is 8.10. The predicted octanol–water partition coefficient (Wildman–Crippen LogP) is 2.57. The monoisotopic (exact) mass is 278 g/mol. The van der Waals surface area contributed by atoms with Gasteiger partial charge in [-0.05, 0) is 22.4 Å². The summed E-state index contributed by atoms with van der Waals surface area (Å²) in [5.74, 6) is 0.910. The molecule has 0 radical (unpaired) electrons. The fourth-order valence-electron chi connectivity index (χ4n) is 0.693. The standard InChI is InChI=1S/C7H8Br2N2/c8-3-1-2-7-10-4-6(9)5-11-7/h4-5H,1-3H2. The molecule has 2 nitrogen and oxygen atoms in total. The third-order valence-electron chi connectivity index (χ3n) is 1.21. The van der Waals surface area contributed by atoms with Crippen LogP contribution in [0.15, 0.2) is 16.9 Å². The number of aromatic nitrogens is 2. The molecule has 1 aromatic rings. The first-order valence-corrected chi connectivity index (χ1v) is 5.27. The quantitative estimate of drug-likeness (QED) is 0.795. The molecule has 0 bridgehead atoms. The molecular weight excluding hydrogens is 272 g/mol. The molecule has 11 heavy (non-hydrogen) atoms. The van der Waals surface area contributed by atoms with Crippen molar-refractivity contribution in [2.45, 2.75) is 12.8 Å². The SMILES string of the molecule is BrCCCc1ncc(Br)cn1. The average Bonchev–Trinajstić information content (AvgIpc) is 2.04. The van der Waals surface area contributed by atoms with Crippen LogP contribution in [0.2, 0.25) is 0 Å². The molecule has 0 atom stereocenters. The Kier molecular flexibility index (Phi) is 4.01. The molecule has 1 heterocycles. The molecular formula is C7H8Br2N2. The number of hydrogen-bond donors (Lipinski definition) is 0. The maximum absolute atomic E-state index is 4.14. The van der Waals surface area contributed by atoms with E-state index < -0.39 is 0 Å². The first-order chi connectivity index (χ1) is 5.33. The van der Waals surface area contributed by atoms with Gasteiger partial charge in [-0.15, -0.1) is 0 Å². The van der Waals surface area contributed by atoms with Crippen molar-refractivity contribution in [3.05, 3.63) is 22.7 Å². The van der Waals surface area contributed by atoms with Gasteiger partial charge in [0.1, 0.15) is 5.82 Å². The zero-order valence-electron chi connectivity index (χ0n) is 5.93. The van der Waals surface area contributed by atoms with Gasteiger partial charge in [-0.25, -0.2) is 9.97 Å². The fourth-order valence-corrected chi connectivity index (χ4v) is 1.18. The van der Waals surface area contributed by atoms with Crippen molar-refractivity contribution >= 4 is 31.9 Å². The van der Waals surface area contributed by atoms with Gasteiger partial charge in [0.25, 0.3) is 0 Å². The van der Waals surface area contributed by atoms with Gasteiger partial charge in [0, 0.05) is 24.1 Å². The van der Waals surface area contributed by atoms with Gasteiger partial charge >= 0.3 is 0 Å². The highest BCUT2D eigenvalue weighted by atomic mass is 79.9. The van der Waals surface area contributed by atoms with Gasteiger partial charge < -0.3 is 0 Å². The Bertz CT molecular complexity index is 210. The smallest absolute Gasteiger partial charge is 0.128 e. The van der Waals surface area contributed by atoms with Crippen molar-refractivity contribution in [3.63, 3.8) is 0 Å². The number of halogens is 2. The predicted molar refractivity (Wildman–Crippen MR) is 51.8 cm³/mol. The van der Waals surface area contributed by atoms with E-state index in [2.05, 4.69) is 41.8 Å². The minimum Gasteiger partial charge on any atom is -0.240 e. The Morgan fingerprint density at radius 1 is 1.27 bits per heavy atom. The molecule has 0 unspecified atom stereocenters. The number of alkyl halides is 1. The first-order valence-electron chi connectivity index (χ1n) is 3.35. The molecule has 0 saturated carbocycles. The van der Waals surface area contributed by atoms with Gasteiger partial charge in [0.15, 0.2) is 0 Å². The number of rotatable bonds is 3. The van der Waals surface area contributed by atoms with Crippen LogP contribution < -0.4 is 0 Å². The molecule has 0 aromatic carbocycles. The summed E-state index contributed by atoms with van der Waals surface area (Å²) in [5.41, 5.74) is 0. The number of hydrogen-bond acceptors (Lipinski definition) is 2. The third kappa shape index (κ3) is 3.29. The van der Waals surface area contributed by atoms with Crippen molar-refractivity contribution < 1.29 is 0 Å². The van der Waals surface area contributed by atoms with E-state index in [0.29, 0.717) is 0 Å². The average molecular weight is 280 g/mol. The molecule has 1 rings (SSSR count). The number of aryl methyl sites for hydroxylation is 1. The van der Waals surface area contributed by atoms with E-state index in [9.17, 15) is 0 Å². The van der Waals surface area contributed by atoms with E-state index in [4.69, 9.17) is 0 Å². The van der Waals surface area contributed by atoms with Crippen molar-refractivity contribution in [3.8, 4) is 0 Å². The second-order valence-corrected chi connectivity index (χ2v) is 3.82. The summed E-state index contributed by atoms with van der Waals surface area (Å²) in [6.45, 7) is 0. The molecule has 1 aromatic heterocycles. The summed E-state index contributed by atoms with van der Waals surface area (Å²) >= 11 is 6.64. The van der Waals surface area contributed by atoms with Crippen LogP contribution in [0.4, 0.5) is 0 Å². The van der Waals surface area contributed by atoms with Crippen LogP contribution in [-0.2, 0) is 6.42 Å². The number of nitrogens with zero attached hydrogens (tertiary/aromatic N) is 2. The molecule has 0 aliphatic carbocycles. The maximum atomic E-state index is 4.14. The van der Waals surface area contributed by atoms with E-state index in [1.54, 1.807) is 12.4 Å². The van der Waals surface area contributed by atoms with Gasteiger partial charge in [-0.3, -0.25) is 0 Å². The second-order valence-electron chi connectivity index (χ2n) is 2.11. The van der Waals surface area contributed by atoms with E-state index in [0.717, 1.165) is 28.5 Å². The van der Waals surface area contributed by atoms with E-state index in [1.807, 2.05) is 0 Å². The molecule has 0 saturated heterocycles. The molecule has 60 valence electrons. The highest BCUT2D eigenvalue weighted by Crippen LogP contribution is 2.05. The van der Waals surface area contributed by atoms with Crippen LogP contribution in [0.1, 0.15) is 12.2 Å². The molecule has 0 spiro atoms. The van der Waals surface area contributed by atoms with Crippen LogP contribution in [0.3, 0.4) is 0 Å². The zero-order valence-corrected chi connectivity index (χ0v) is 9.10. The highest BCUT2D eigenvalue weighted by molar-refractivity contribution is 9.10. The fraction of sp³-hybridized carbons (Fsp3) is 0.429. The Morgan fingerprint density at radius 3 is 2.45 bits per heavy atom.